The molecule has 1 heterocycles. The zero-order valence-corrected chi connectivity index (χ0v) is 25.0. The number of fused-ring (bicyclic) bond motifs is 5. The molecule has 0 aromatic heterocycles. The summed E-state index contributed by atoms with van der Waals surface area (Å²) < 4.78 is 78.4. The van der Waals surface area contributed by atoms with Crippen LogP contribution >= 0.6 is 0 Å². The predicted molar refractivity (Wildman–Crippen MR) is 198 cm³/mol. The fourth-order valence-corrected chi connectivity index (χ4v) is 7.20. The molecule has 0 saturated carbocycles. The van der Waals surface area contributed by atoms with E-state index in [0.29, 0.717) is 22.3 Å². The molecule has 0 N–H and O–H groups in total. The lowest BCUT2D eigenvalue weighted by molar-refractivity contribution is 0.487. The Labute approximate surface area is 284 Å². The molecule has 0 atom stereocenters. The van der Waals surface area contributed by atoms with Crippen LogP contribution in [0.4, 0.5) is 0 Å². The first-order valence-corrected chi connectivity index (χ1v) is 15.5. The Balaban J connectivity index is 1.27. The second-order valence-corrected chi connectivity index (χ2v) is 11.8. The maximum absolute atomic E-state index is 9.29. The van der Waals surface area contributed by atoms with Crippen molar-refractivity contribution in [2.75, 3.05) is 0 Å². The molecule has 1 heteroatoms. The van der Waals surface area contributed by atoms with Crippen molar-refractivity contribution in [3.63, 3.8) is 0 Å². The van der Waals surface area contributed by atoms with Gasteiger partial charge in [-0.05, 0) is 94.8 Å². The van der Waals surface area contributed by atoms with Crippen molar-refractivity contribution in [2.45, 2.75) is 0 Å². The van der Waals surface area contributed by atoms with Crippen molar-refractivity contribution >= 4 is 43.1 Å². The van der Waals surface area contributed by atoms with Crippen LogP contribution in [0.25, 0.3) is 87.6 Å². The Hall–Kier alpha value is -6.18. The van der Waals surface area contributed by atoms with Gasteiger partial charge in [-0.15, -0.1) is 0 Å². The van der Waals surface area contributed by atoms with E-state index in [1.165, 1.54) is 0 Å². The highest BCUT2D eigenvalue weighted by atomic mass is 16.5. The quantitative estimate of drug-likeness (QED) is 0.182. The summed E-state index contributed by atoms with van der Waals surface area (Å²) in [5, 5.41) is 4.65. The second-order valence-electron chi connectivity index (χ2n) is 11.8. The minimum absolute atomic E-state index is 0.192. The van der Waals surface area contributed by atoms with Gasteiger partial charge < -0.3 is 4.74 Å². The lowest BCUT2D eigenvalue weighted by atomic mass is 9.85. The maximum atomic E-state index is 9.29. The molecule has 0 saturated heterocycles. The third-order valence-corrected chi connectivity index (χ3v) is 9.30. The summed E-state index contributed by atoms with van der Waals surface area (Å²) in [6, 6.07) is 36.4. The molecule has 0 amide bonds. The topological polar surface area (TPSA) is 9.23 Å². The van der Waals surface area contributed by atoms with Gasteiger partial charge in [0.05, 0.1) is 11.0 Å². The largest absolute Gasteiger partial charge is 0.456 e. The fraction of sp³-hybridized carbons (Fsp3) is 0. The first-order valence-electron chi connectivity index (χ1n) is 19.5. The normalized spacial score (nSPS) is 14.4. The van der Waals surface area contributed by atoms with E-state index in [4.69, 9.17) is 10.2 Å². The number of rotatable bonds is 3. The molecule has 0 unspecified atom stereocenters. The molecule has 218 valence electrons. The van der Waals surface area contributed by atoms with Crippen LogP contribution in [0.1, 0.15) is 11.0 Å². The van der Waals surface area contributed by atoms with Gasteiger partial charge in [0.15, 0.2) is 0 Å². The average molecular weight is 605 g/mol. The van der Waals surface area contributed by atoms with E-state index in [9.17, 15) is 5.48 Å². The Morgan fingerprint density at radius 1 is 0.383 bits per heavy atom. The van der Waals surface area contributed by atoms with Gasteiger partial charge in [-0.25, -0.2) is 0 Å². The standard InChI is InChI=1S/C46H28O/c1-2-11-32-28-33(25-20-29(32)10-1)45-40-15-5-3-13-38(40)44(39-14-4-6-16-41(39)45)31-23-21-30(22-24-31)34-26-27-43-46-36(34)17-9-18-37(46)35-12-7-8-19-42(35)47-43/h1-28H/i3D,4D,5D,6D,13D,14D,15D,16D. The van der Waals surface area contributed by atoms with E-state index in [1.54, 1.807) is 0 Å². The van der Waals surface area contributed by atoms with Crippen LogP contribution in [0.15, 0.2) is 170 Å². The van der Waals surface area contributed by atoms with Crippen molar-refractivity contribution in [2.24, 2.45) is 0 Å². The molecule has 1 aliphatic rings. The first kappa shape index (κ1) is 19.4. The number of hydrogen-bond donors (Lipinski definition) is 0. The van der Waals surface area contributed by atoms with Crippen LogP contribution in [-0.2, 0) is 0 Å². The highest BCUT2D eigenvalue weighted by Gasteiger charge is 2.22. The van der Waals surface area contributed by atoms with Crippen LogP contribution in [0, 0.1) is 0 Å². The van der Waals surface area contributed by atoms with E-state index >= 15 is 0 Å². The van der Waals surface area contributed by atoms with Crippen LogP contribution in [0.5, 0.6) is 11.5 Å². The summed E-state index contributed by atoms with van der Waals surface area (Å²) >= 11 is 0. The van der Waals surface area contributed by atoms with Crippen molar-refractivity contribution in [1.29, 1.82) is 0 Å². The summed E-state index contributed by atoms with van der Waals surface area (Å²) in [4.78, 5) is 0. The van der Waals surface area contributed by atoms with Crippen LogP contribution < -0.4 is 4.74 Å². The lowest BCUT2D eigenvalue weighted by Gasteiger charge is -2.22. The van der Waals surface area contributed by atoms with Gasteiger partial charge in [0, 0.05) is 10.9 Å². The Morgan fingerprint density at radius 2 is 0.979 bits per heavy atom. The van der Waals surface area contributed by atoms with Gasteiger partial charge in [-0.2, -0.15) is 0 Å². The predicted octanol–water partition coefficient (Wildman–Crippen LogP) is 13.1. The summed E-state index contributed by atoms with van der Waals surface area (Å²) in [7, 11) is 0. The van der Waals surface area contributed by atoms with Crippen molar-refractivity contribution in [3.8, 4) is 56.0 Å². The minimum atomic E-state index is -0.424. The zero-order valence-electron chi connectivity index (χ0n) is 33.0. The molecule has 47 heavy (non-hydrogen) atoms. The average Bonchev–Trinajstić information content (AvgIpc) is 3.22. The summed E-state index contributed by atoms with van der Waals surface area (Å²) in [5.41, 5.74) is 5.77. The first-order chi connectivity index (χ1) is 26.6. The van der Waals surface area contributed by atoms with Gasteiger partial charge in [0.1, 0.15) is 11.5 Å². The molecule has 0 bridgehead atoms. The minimum Gasteiger partial charge on any atom is -0.456 e. The molecular weight excluding hydrogens is 569 g/mol. The third kappa shape index (κ3) is 3.97. The van der Waals surface area contributed by atoms with E-state index < -0.39 is 24.2 Å². The van der Waals surface area contributed by atoms with Gasteiger partial charge in [-0.1, -0.05) is 151 Å². The SMILES string of the molecule is [2H]c1c([2H])c([2H])c2c(-c3ccc4ccccc4c3)c3c([2H])c([2H])c([2H])c([2H])c3c(-c3ccc(-c4ccc5c6c(cccc46)-c4ccccc4O5)cc3)c2c1[2H]. The van der Waals surface area contributed by atoms with Crippen molar-refractivity contribution < 1.29 is 15.7 Å². The van der Waals surface area contributed by atoms with Crippen LogP contribution in [0.3, 0.4) is 0 Å². The molecule has 1 nitrogen and oxygen atoms in total. The number of benzene rings is 9. The number of ether oxygens (including phenoxy) is 1. The van der Waals surface area contributed by atoms with Gasteiger partial charge in [0.25, 0.3) is 0 Å². The highest BCUT2D eigenvalue weighted by Crippen LogP contribution is 2.49. The van der Waals surface area contributed by atoms with E-state index in [2.05, 4.69) is 18.2 Å². The smallest absolute Gasteiger partial charge is 0.135 e. The highest BCUT2D eigenvalue weighted by molar-refractivity contribution is 6.22. The molecule has 1 aliphatic heterocycles. The monoisotopic (exact) mass is 604 g/mol. The van der Waals surface area contributed by atoms with Crippen molar-refractivity contribution in [3.05, 3.63) is 170 Å². The van der Waals surface area contributed by atoms with Gasteiger partial charge in [-0.3, -0.25) is 0 Å². The molecular formula is C46H28O. The van der Waals surface area contributed by atoms with E-state index in [0.717, 1.165) is 55.3 Å². The molecule has 0 fully saturated rings. The number of hydrogen-bond acceptors (Lipinski definition) is 1. The fourth-order valence-electron chi connectivity index (χ4n) is 7.20. The van der Waals surface area contributed by atoms with Crippen LogP contribution in [0.2, 0.25) is 0 Å². The second kappa shape index (κ2) is 10.2. The third-order valence-electron chi connectivity index (χ3n) is 9.30. The zero-order chi connectivity index (χ0) is 37.9. The van der Waals surface area contributed by atoms with Crippen molar-refractivity contribution in [1.82, 2.24) is 0 Å². The molecule has 0 spiro atoms. The summed E-state index contributed by atoms with van der Waals surface area (Å²) in [6.45, 7) is 0. The maximum Gasteiger partial charge on any atom is 0.135 e. The number of para-hydroxylation sites is 1. The Morgan fingerprint density at radius 3 is 1.72 bits per heavy atom. The van der Waals surface area contributed by atoms with Crippen LogP contribution in [-0.4, -0.2) is 0 Å². The molecule has 9 aromatic rings. The van der Waals surface area contributed by atoms with Gasteiger partial charge >= 0.3 is 0 Å². The van der Waals surface area contributed by atoms with E-state index in [1.807, 2.05) is 103 Å². The summed E-state index contributed by atoms with van der Waals surface area (Å²) in [6.07, 6.45) is 0. The molecule has 0 aliphatic carbocycles. The lowest BCUT2D eigenvalue weighted by Crippen LogP contribution is -1.97. The molecule has 10 rings (SSSR count). The Bertz CT molecular complexity index is 3070. The van der Waals surface area contributed by atoms with E-state index in [-0.39, 0.29) is 45.7 Å². The van der Waals surface area contributed by atoms with Gasteiger partial charge in [0.2, 0.25) is 0 Å². The molecule has 9 aromatic carbocycles. The summed E-state index contributed by atoms with van der Waals surface area (Å²) in [5.74, 6) is 1.58. The molecule has 0 radical (unpaired) electrons. The Kier molecular flexibility index (Phi) is 4.19.